The number of carbonyl (C=O) groups excluding carboxylic acids is 1. The Kier molecular flexibility index (Phi) is 8.69. The lowest BCUT2D eigenvalue weighted by Crippen LogP contribution is -2.40. The Morgan fingerprint density at radius 1 is 0.711 bits per heavy atom. The van der Waals surface area contributed by atoms with Crippen LogP contribution < -0.4 is 26.5 Å². The summed E-state index contributed by atoms with van der Waals surface area (Å²) in [5.41, 5.74) is -0.958. The summed E-state index contributed by atoms with van der Waals surface area (Å²) in [7, 11) is -2.90. The van der Waals surface area contributed by atoms with E-state index in [1.165, 1.54) is 0 Å². The number of hydrogen-bond acceptors (Lipinski definition) is 1. The highest BCUT2D eigenvalue weighted by molar-refractivity contribution is 7.99. The van der Waals surface area contributed by atoms with Crippen molar-refractivity contribution >= 4 is 69.7 Å². The fourth-order valence-electron chi connectivity index (χ4n) is 4.11. The fraction of sp³-hybridized carbons (Fsp3) is 0.0357. The van der Waals surface area contributed by atoms with Gasteiger partial charge in [0, 0.05) is 0 Å². The normalized spacial score (nSPS) is 11.5. The summed E-state index contributed by atoms with van der Waals surface area (Å²) in [4.78, 5) is 13.3. The fourth-order valence-corrected chi connectivity index (χ4v) is 9.18. The molecule has 0 unspecified atom stereocenters. The van der Waals surface area contributed by atoms with Crippen LogP contribution >= 0.6 is 42.1 Å². The summed E-state index contributed by atoms with van der Waals surface area (Å²) in [6.07, 6.45) is -4.61. The van der Waals surface area contributed by atoms with E-state index in [0.29, 0.717) is 0 Å². The van der Waals surface area contributed by atoms with Crippen LogP contribution in [0, 0.1) is 0 Å². The lowest BCUT2D eigenvalue weighted by Gasteiger charge is -2.29. The summed E-state index contributed by atoms with van der Waals surface area (Å²) in [5, 5.41) is 7.67. The summed E-state index contributed by atoms with van der Waals surface area (Å²) in [6, 6.07) is 30.2. The van der Waals surface area contributed by atoms with E-state index < -0.39 is 25.0 Å². The molecule has 0 fully saturated rings. The third-order valence-electron chi connectivity index (χ3n) is 5.72. The van der Waals surface area contributed by atoms with Gasteiger partial charge in [0.25, 0.3) is 0 Å². The predicted molar refractivity (Wildman–Crippen MR) is 152 cm³/mol. The molecule has 38 heavy (non-hydrogen) atoms. The Balaban J connectivity index is 1.86. The first kappa shape index (κ1) is 28.0. The summed E-state index contributed by atoms with van der Waals surface area (Å²) < 4.78 is 39.6. The molecule has 10 heteroatoms. The van der Waals surface area contributed by atoms with Crippen molar-refractivity contribution in [3.8, 4) is 0 Å². The highest BCUT2D eigenvalue weighted by Crippen LogP contribution is 2.63. The van der Waals surface area contributed by atoms with Crippen molar-refractivity contribution in [1.82, 2.24) is 5.32 Å². The second-order valence-corrected chi connectivity index (χ2v) is 12.8. The number of hydrogen-bond donors (Lipinski definition) is 2. The topological polar surface area (TPSA) is 41.1 Å². The van der Waals surface area contributed by atoms with Gasteiger partial charge in [0.15, 0.2) is 11.8 Å². The molecule has 0 saturated carbocycles. The van der Waals surface area contributed by atoms with E-state index in [-0.39, 0.29) is 20.6 Å². The number of carbonyl (C=O) groups is 1. The van der Waals surface area contributed by atoms with Crippen LogP contribution in [-0.2, 0) is 6.18 Å². The average molecular weight is 595 g/mol. The van der Waals surface area contributed by atoms with Gasteiger partial charge in [-0.3, -0.25) is 5.32 Å². The van der Waals surface area contributed by atoms with Crippen LogP contribution in [0.1, 0.15) is 5.56 Å². The van der Waals surface area contributed by atoms with Crippen LogP contribution in [0.25, 0.3) is 0 Å². The number of benzene rings is 4. The van der Waals surface area contributed by atoms with E-state index in [1.54, 1.807) is 0 Å². The lowest BCUT2D eigenvalue weighted by atomic mass is 10.2. The number of amides is 2. The molecule has 0 aliphatic heterocycles. The number of urea groups is 1. The highest BCUT2D eigenvalue weighted by atomic mass is 35.5. The maximum atomic E-state index is 13.3. The first-order chi connectivity index (χ1) is 18.1. The Morgan fingerprint density at radius 2 is 1.16 bits per heavy atom. The number of anilines is 1. The standard InChI is InChI=1S/C28H19Cl3F3N2OP/c29-23-17-16-19(28(32,33)34)18-24(23)35-27(37)36-26(25(30)31)38(20-10-4-1-5-11-20,21-12-6-2-7-13-21)22-14-8-3-9-15-22/h1-18H,(H-,35,36,37)/p+1. The maximum Gasteiger partial charge on any atom is 0.416 e. The molecule has 4 rings (SSSR count). The van der Waals surface area contributed by atoms with Crippen molar-refractivity contribution < 1.29 is 18.0 Å². The van der Waals surface area contributed by atoms with E-state index in [1.807, 2.05) is 91.0 Å². The van der Waals surface area contributed by atoms with Crippen LogP contribution in [-0.4, -0.2) is 6.03 Å². The van der Waals surface area contributed by atoms with Crippen LogP contribution in [0.5, 0.6) is 0 Å². The molecule has 0 atom stereocenters. The van der Waals surface area contributed by atoms with Crippen molar-refractivity contribution in [3.05, 3.63) is 130 Å². The van der Waals surface area contributed by atoms with Gasteiger partial charge in [0.2, 0.25) is 5.44 Å². The smallest absolute Gasteiger partial charge is 0.306 e. The first-order valence-electron chi connectivity index (χ1n) is 11.2. The Bertz CT molecular complexity index is 1350. The van der Waals surface area contributed by atoms with E-state index in [4.69, 9.17) is 34.8 Å². The van der Waals surface area contributed by atoms with Crippen molar-refractivity contribution in [2.45, 2.75) is 6.18 Å². The van der Waals surface area contributed by atoms with Gasteiger partial charge in [-0.25, -0.2) is 4.79 Å². The molecule has 2 N–H and O–H groups in total. The van der Waals surface area contributed by atoms with Gasteiger partial charge in [0.05, 0.1) is 16.3 Å². The minimum absolute atomic E-state index is 0.0640. The van der Waals surface area contributed by atoms with Gasteiger partial charge in [-0.2, -0.15) is 13.2 Å². The molecular weight excluding hydrogens is 575 g/mol. The zero-order valence-electron chi connectivity index (χ0n) is 19.5. The SMILES string of the molecule is O=C(NC(=C(Cl)Cl)[P+](c1ccccc1)(c1ccccc1)c1ccccc1)Nc1cc(C(F)(F)F)ccc1Cl. The predicted octanol–water partition coefficient (Wildman–Crippen LogP) is 8.08. The Hall–Kier alpha value is -3.02. The molecule has 0 saturated heterocycles. The molecule has 194 valence electrons. The van der Waals surface area contributed by atoms with E-state index >= 15 is 0 Å². The van der Waals surface area contributed by atoms with Crippen LogP contribution in [0.15, 0.2) is 119 Å². The maximum absolute atomic E-state index is 13.3. The minimum Gasteiger partial charge on any atom is -0.306 e. The summed E-state index contributed by atoms with van der Waals surface area (Å²) in [5.74, 6) is 0. The number of halogens is 6. The molecule has 0 heterocycles. The molecule has 0 bridgehead atoms. The molecule has 0 aromatic heterocycles. The van der Waals surface area contributed by atoms with Gasteiger partial charge in [-0.1, -0.05) is 89.4 Å². The van der Waals surface area contributed by atoms with Crippen LogP contribution in [0.3, 0.4) is 0 Å². The largest absolute Gasteiger partial charge is 0.416 e. The monoisotopic (exact) mass is 593 g/mol. The molecule has 0 aliphatic rings. The summed E-state index contributed by atoms with van der Waals surface area (Å²) in [6.45, 7) is 0. The molecule has 2 amide bonds. The first-order valence-corrected chi connectivity index (χ1v) is 14.1. The third kappa shape index (κ3) is 5.84. The van der Waals surface area contributed by atoms with Crippen LogP contribution in [0.2, 0.25) is 5.02 Å². The van der Waals surface area contributed by atoms with Gasteiger partial charge in [-0.15, -0.1) is 0 Å². The van der Waals surface area contributed by atoms with E-state index in [2.05, 4.69) is 10.6 Å². The molecule has 3 nitrogen and oxygen atoms in total. The van der Waals surface area contributed by atoms with Crippen molar-refractivity contribution in [1.29, 1.82) is 0 Å². The van der Waals surface area contributed by atoms with E-state index in [9.17, 15) is 18.0 Å². The molecule has 4 aromatic carbocycles. The van der Waals surface area contributed by atoms with Crippen molar-refractivity contribution in [2.75, 3.05) is 5.32 Å². The van der Waals surface area contributed by atoms with Crippen LogP contribution in [0.4, 0.5) is 23.7 Å². The molecule has 0 aliphatic carbocycles. The third-order valence-corrected chi connectivity index (χ3v) is 10.9. The quantitative estimate of drug-likeness (QED) is 0.218. The summed E-state index contributed by atoms with van der Waals surface area (Å²) >= 11 is 19.1. The van der Waals surface area contributed by atoms with Gasteiger partial charge in [-0.05, 0) is 54.6 Å². The minimum atomic E-state index is -4.61. The molecule has 4 aromatic rings. The lowest BCUT2D eigenvalue weighted by molar-refractivity contribution is -0.137. The second kappa shape index (κ2) is 11.8. The van der Waals surface area contributed by atoms with E-state index in [0.717, 1.165) is 34.1 Å². The van der Waals surface area contributed by atoms with Gasteiger partial charge >= 0.3 is 12.2 Å². The van der Waals surface area contributed by atoms with Crippen molar-refractivity contribution in [3.63, 3.8) is 0 Å². The number of rotatable bonds is 6. The zero-order chi connectivity index (χ0) is 27.3. The van der Waals surface area contributed by atoms with Crippen molar-refractivity contribution in [2.24, 2.45) is 0 Å². The zero-order valence-corrected chi connectivity index (χ0v) is 22.7. The second-order valence-electron chi connectivity index (χ2n) is 8.06. The molecule has 0 spiro atoms. The van der Waals surface area contributed by atoms with Gasteiger partial charge < -0.3 is 5.32 Å². The number of alkyl halides is 3. The average Bonchev–Trinajstić information content (AvgIpc) is 2.91. The Labute approximate surface area is 233 Å². The molecular formula is C28H20Cl3F3N2OP+. The number of nitrogens with one attached hydrogen (secondary N) is 2. The Morgan fingerprint density at radius 3 is 1.55 bits per heavy atom. The van der Waals surface area contributed by atoms with Gasteiger partial charge in [0.1, 0.15) is 15.9 Å². The molecule has 0 radical (unpaired) electrons. The highest BCUT2D eigenvalue weighted by Gasteiger charge is 2.52.